The quantitative estimate of drug-likeness (QED) is 0.908. The van der Waals surface area contributed by atoms with Crippen molar-refractivity contribution in [3.05, 3.63) is 18.2 Å². The third-order valence-corrected chi connectivity index (χ3v) is 5.23. The summed E-state index contributed by atoms with van der Waals surface area (Å²) in [5.74, 6) is 1.22. The number of hydrogen-bond acceptors (Lipinski definition) is 4. The van der Waals surface area contributed by atoms with E-state index in [1.54, 1.807) is 0 Å². The molecule has 0 spiro atoms. The van der Waals surface area contributed by atoms with Gasteiger partial charge in [0.1, 0.15) is 11.9 Å². The number of carbonyl (C=O) groups excluding carboxylic acids is 1. The highest BCUT2D eigenvalue weighted by molar-refractivity contribution is 5.82. The lowest BCUT2D eigenvalue weighted by atomic mass is 10.1. The van der Waals surface area contributed by atoms with Crippen LogP contribution in [0.1, 0.15) is 44.5 Å². The van der Waals surface area contributed by atoms with Gasteiger partial charge in [-0.05, 0) is 32.9 Å². The number of nitrogens with one attached hydrogen (secondary N) is 1. The van der Waals surface area contributed by atoms with Crippen molar-refractivity contribution in [3.8, 4) is 0 Å². The highest BCUT2D eigenvalue weighted by Crippen LogP contribution is 2.23. The van der Waals surface area contributed by atoms with Crippen molar-refractivity contribution in [2.75, 3.05) is 32.7 Å². The van der Waals surface area contributed by atoms with Gasteiger partial charge in [0.05, 0.1) is 6.04 Å². The molecule has 1 N–H and O–H groups in total. The molecule has 3 rings (SSSR count). The van der Waals surface area contributed by atoms with Crippen molar-refractivity contribution in [1.82, 2.24) is 24.7 Å². The van der Waals surface area contributed by atoms with Gasteiger partial charge >= 0.3 is 0 Å². The highest BCUT2D eigenvalue weighted by atomic mass is 16.2. The van der Waals surface area contributed by atoms with Gasteiger partial charge in [-0.1, -0.05) is 12.8 Å². The Balaban J connectivity index is 1.74. The van der Waals surface area contributed by atoms with E-state index in [-0.39, 0.29) is 18.0 Å². The van der Waals surface area contributed by atoms with Gasteiger partial charge in [0.25, 0.3) is 0 Å². The van der Waals surface area contributed by atoms with Gasteiger partial charge in [-0.15, -0.1) is 0 Å². The number of carbonyl (C=O) groups is 1. The van der Waals surface area contributed by atoms with Crippen LogP contribution in [-0.2, 0) is 11.8 Å². The van der Waals surface area contributed by atoms with Crippen molar-refractivity contribution in [3.63, 3.8) is 0 Å². The Bertz CT molecular complexity index is 521. The first-order chi connectivity index (χ1) is 11.2. The number of piperazine rings is 1. The summed E-state index contributed by atoms with van der Waals surface area (Å²) < 4.78 is 2.02. The number of hydrogen-bond donors (Lipinski definition) is 1. The summed E-state index contributed by atoms with van der Waals surface area (Å²) in [6.45, 7) is 6.57. The van der Waals surface area contributed by atoms with E-state index in [1.807, 2.05) is 28.9 Å². The van der Waals surface area contributed by atoms with Crippen LogP contribution in [0.2, 0.25) is 0 Å². The molecule has 2 unspecified atom stereocenters. The largest absolute Gasteiger partial charge is 0.336 e. The Hall–Kier alpha value is -1.40. The maximum Gasteiger partial charge on any atom is 0.240 e. The van der Waals surface area contributed by atoms with Gasteiger partial charge in [0, 0.05) is 39.1 Å². The Morgan fingerprint density at radius 1 is 1.26 bits per heavy atom. The smallest absolute Gasteiger partial charge is 0.240 e. The van der Waals surface area contributed by atoms with Crippen LogP contribution in [0.5, 0.6) is 0 Å². The van der Waals surface area contributed by atoms with Gasteiger partial charge in [0.2, 0.25) is 5.91 Å². The summed E-state index contributed by atoms with van der Waals surface area (Å²) in [4.78, 5) is 22.0. The maximum atomic E-state index is 13.1. The average molecular weight is 319 g/mol. The van der Waals surface area contributed by atoms with Crippen molar-refractivity contribution < 1.29 is 4.79 Å². The molecular formula is C17H29N5O. The number of rotatable bonds is 3. The van der Waals surface area contributed by atoms with Crippen molar-refractivity contribution in [2.24, 2.45) is 7.05 Å². The molecule has 1 aromatic rings. The van der Waals surface area contributed by atoms with Crippen LogP contribution in [-0.4, -0.2) is 64.0 Å². The van der Waals surface area contributed by atoms with Crippen LogP contribution >= 0.6 is 0 Å². The van der Waals surface area contributed by atoms with Crippen LogP contribution in [0.25, 0.3) is 0 Å². The first-order valence-corrected chi connectivity index (χ1v) is 8.91. The Kier molecular flexibility index (Phi) is 5.33. The van der Waals surface area contributed by atoms with E-state index < -0.39 is 0 Å². The summed E-state index contributed by atoms with van der Waals surface area (Å²) >= 11 is 0. The molecule has 128 valence electrons. The zero-order chi connectivity index (χ0) is 16.2. The molecule has 1 amide bonds. The standard InChI is InChI=1S/C17H29N5O/c1-14(21-9-5-3-4-6-10-21)17(23)22-12-7-18-13-15(22)16-19-8-11-20(16)2/h8,11,14-15,18H,3-7,9-10,12-13H2,1-2H3. The summed E-state index contributed by atoms with van der Waals surface area (Å²) in [6, 6.07) is -0.000327. The zero-order valence-electron chi connectivity index (χ0n) is 14.4. The molecule has 1 aromatic heterocycles. The zero-order valence-corrected chi connectivity index (χ0v) is 14.4. The molecule has 3 heterocycles. The molecule has 0 radical (unpaired) electrons. The van der Waals surface area contributed by atoms with Gasteiger partial charge in [-0.3, -0.25) is 9.69 Å². The number of amides is 1. The monoisotopic (exact) mass is 319 g/mol. The lowest BCUT2D eigenvalue weighted by Crippen LogP contribution is -2.55. The molecule has 23 heavy (non-hydrogen) atoms. The van der Waals surface area contributed by atoms with E-state index in [9.17, 15) is 4.79 Å². The van der Waals surface area contributed by atoms with E-state index >= 15 is 0 Å². The topological polar surface area (TPSA) is 53.4 Å². The molecule has 2 aliphatic rings. The van der Waals surface area contributed by atoms with Gasteiger partial charge in [-0.25, -0.2) is 4.98 Å². The molecule has 6 heteroatoms. The third-order valence-electron chi connectivity index (χ3n) is 5.23. The van der Waals surface area contributed by atoms with Crippen molar-refractivity contribution in [2.45, 2.75) is 44.7 Å². The van der Waals surface area contributed by atoms with Gasteiger partial charge < -0.3 is 14.8 Å². The molecule has 2 atom stereocenters. The fourth-order valence-electron chi connectivity index (χ4n) is 3.78. The lowest BCUT2D eigenvalue weighted by molar-refractivity contribution is -0.140. The van der Waals surface area contributed by atoms with Crippen LogP contribution in [0, 0.1) is 0 Å². The second kappa shape index (κ2) is 7.45. The van der Waals surface area contributed by atoms with E-state index in [4.69, 9.17) is 0 Å². The SMILES string of the molecule is CC(C(=O)N1CCNCC1c1nccn1C)N1CCCCCC1. The molecule has 2 saturated heterocycles. The predicted octanol–water partition coefficient (Wildman–Crippen LogP) is 1.16. The Labute approximate surface area is 138 Å². The first-order valence-electron chi connectivity index (χ1n) is 8.91. The maximum absolute atomic E-state index is 13.1. The third kappa shape index (κ3) is 3.58. The normalized spacial score (nSPS) is 25.1. The van der Waals surface area contributed by atoms with Crippen molar-refractivity contribution in [1.29, 1.82) is 0 Å². The number of imidazole rings is 1. The van der Waals surface area contributed by atoms with E-state index in [0.29, 0.717) is 0 Å². The fraction of sp³-hybridized carbons (Fsp3) is 0.765. The minimum Gasteiger partial charge on any atom is -0.336 e. The van der Waals surface area contributed by atoms with E-state index in [2.05, 4.69) is 22.1 Å². The molecule has 2 aliphatic heterocycles. The minimum absolute atomic E-state index is 0.0330. The summed E-state index contributed by atoms with van der Waals surface area (Å²) in [5, 5.41) is 3.40. The summed E-state index contributed by atoms with van der Waals surface area (Å²) in [6.07, 6.45) is 8.77. The van der Waals surface area contributed by atoms with Gasteiger partial charge in [-0.2, -0.15) is 0 Å². The molecular weight excluding hydrogens is 290 g/mol. The number of aryl methyl sites for hydroxylation is 1. The average Bonchev–Trinajstić information content (AvgIpc) is 2.84. The minimum atomic E-state index is -0.0334. The summed E-state index contributed by atoms with van der Waals surface area (Å²) in [7, 11) is 2.00. The molecule has 2 fully saturated rings. The van der Waals surface area contributed by atoms with Crippen LogP contribution < -0.4 is 5.32 Å². The second-order valence-corrected chi connectivity index (χ2v) is 6.77. The van der Waals surface area contributed by atoms with E-state index in [0.717, 1.165) is 38.5 Å². The van der Waals surface area contributed by atoms with Crippen LogP contribution in [0.3, 0.4) is 0 Å². The second-order valence-electron chi connectivity index (χ2n) is 6.77. The Morgan fingerprint density at radius 3 is 2.65 bits per heavy atom. The van der Waals surface area contributed by atoms with Crippen LogP contribution in [0.15, 0.2) is 12.4 Å². The number of nitrogens with zero attached hydrogens (tertiary/aromatic N) is 4. The fourth-order valence-corrected chi connectivity index (χ4v) is 3.78. The first kappa shape index (κ1) is 16.5. The predicted molar refractivity (Wildman–Crippen MR) is 90.0 cm³/mol. The lowest BCUT2D eigenvalue weighted by Gasteiger charge is -2.39. The molecule has 0 bridgehead atoms. The van der Waals surface area contributed by atoms with Crippen LogP contribution in [0.4, 0.5) is 0 Å². The van der Waals surface area contributed by atoms with Gasteiger partial charge in [0.15, 0.2) is 0 Å². The molecule has 0 saturated carbocycles. The number of aromatic nitrogens is 2. The molecule has 6 nitrogen and oxygen atoms in total. The molecule has 0 aliphatic carbocycles. The summed E-state index contributed by atoms with van der Waals surface area (Å²) in [5.41, 5.74) is 0. The van der Waals surface area contributed by atoms with E-state index in [1.165, 1.54) is 25.7 Å². The molecule has 0 aromatic carbocycles. The van der Waals surface area contributed by atoms with Crippen molar-refractivity contribution >= 4 is 5.91 Å². The highest BCUT2D eigenvalue weighted by Gasteiger charge is 2.34. The number of likely N-dealkylation sites (tertiary alicyclic amines) is 1. The Morgan fingerprint density at radius 2 is 2.00 bits per heavy atom.